The summed E-state index contributed by atoms with van der Waals surface area (Å²) in [6.07, 6.45) is 6.32. The SMILES string of the molecule is CCCCCCOC(=O)CCCC(=O)OCCC. The van der Waals surface area contributed by atoms with E-state index >= 15 is 0 Å². The van der Waals surface area contributed by atoms with Crippen LogP contribution < -0.4 is 0 Å². The fraction of sp³-hybridized carbons (Fsp3) is 0.857. The van der Waals surface area contributed by atoms with Crippen molar-refractivity contribution in [1.82, 2.24) is 0 Å². The highest BCUT2D eigenvalue weighted by molar-refractivity contribution is 5.72. The summed E-state index contributed by atoms with van der Waals surface area (Å²) in [7, 11) is 0. The first-order valence-corrected chi connectivity index (χ1v) is 7.02. The van der Waals surface area contributed by atoms with Crippen LogP contribution in [0.15, 0.2) is 0 Å². The van der Waals surface area contributed by atoms with Crippen molar-refractivity contribution in [2.24, 2.45) is 0 Å². The smallest absolute Gasteiger partial charge is 0.305 e. The molecule has 106 valence electrons. The van der Waals surface area contributed by atoms with Gasteiger partial charge in [0.05, 0.1) is 13.2 Å². The maximum absolute atomic E-state index is 11.3. The second kappa shape index (κ2) is 12.4. The Hall–Kier alpha value is -1.06. The number of ether oxygens (including phenoxy) is 2. The Morgan fingerprint density at radius 1 is 0.722 bits per heavy atom. The zero-order valence-electron chi connectivity index (χ0n) is 11.7. The average Bonchev–Trinajstić information content (AvgIpc) is 2.36. The van der Waals surface area contributed by atoms with Crippen molar-refractivity contribution >= 4 is 11.9 Å². The summed E-state index contributed by atoms with van der Waals surface area (Å²) in [5.41, 5.74) is 0. The van der Waals surface area contributed by atoms with Crippen molar-refractivity contribution in [2.45, 2.75) is 65.2 Å². The Morgan fingerprint density at radius 3 is 1.89 bits per heavy atom. The molecule has 0 radical (unpaired) electrons. The van der Waals surface area contributed by atoms with E-state index in [1.54, 1.807) is 0 Å². The lowest BCUT2D eigenvalue weighted by Gasteiger charge is -2.05. The summed E-state index contributed by atoms with van der Waals surface area (Å²) in [4.78, 5) is 22.4. The van der Waals surface area contributed by atoms with E-state index in [0.29, 0.717) is 32.5 Å². The van der Waals surface area contributed by atoms with Crippen molar-refractivity contribution in [3.05, 3.63) is 0 Å². The van der Waals surface area contributed by atoms with E-state index in [1.807, 2.05) is 6.92 Å². The Morgan fingerprint density at radius 2 is 1.33 bits per heavy atom. The Kier molecular flexibility index (Phi) is 11.7. The molecule has 4 nitrogen and oxygen atoms in total. The van der Waals surface area contributed by atoms with Gasteiger partial charge < -0.3 is 9.47 Å². The molecular formula is C14H26O4. The van der Waals surface area contributed by atoms with Gasteiger partial charge in [-0.25, -0.2) is 0 Å². The summed E-state index contributed by atoms with van der Waals surface area (Å²) in [6, 6.07) is 0. The van der Waals surface area contributed by atoms with Gasteiger partial charge in [0.15, 0.2) is 0 Å². The molecule has 0 aromatic rings. The van der Waals surface area contributed by atoms with Gasteiger partial charge >= 0.3 is 11.9 Å². The van der Waals surface area contributed by atoms with Gasteiger partial charge in [-0.2, -0.15) is 0 Å². The van der Waals surface area contributed by atoms with Crippen LogP contribution in [0, 0.1) is 0 Å². The standard InChI is InChI=1S/C14H26O4/c1-3-5-6-7-12-18-14(16)10-8-9-13(15)17-11-4-2/h3-12H2,1-2H3. The Labute approximate surface area is 110 Å². The molecule has 0 unspecified atom stereocenters. The van der Waals surface area contributed by atoms with Gasteiger partial charge in [0, 0.05) is 12.8 Å². The molecule has 0 saturated heterocycles. The molecule has 0 aromatic heterocycles. The van der Waals surface area contributed by atoms with E-state index in [0.717, 1.165) is 19.3 Å². The van der Waals surface area contributed by atoms with E-state index in [-0.39, 0.29) is 11.9 Å². The van der Waals surface area contributed by atoms with Crippen LogP contribution in [-0.4, -0.2) is 25.2 Å². The zero-order valence-corrected chi connectivity index (χ0v) is 11.7. The quantitative estimate of drug-likeness (QED) is 0.422. The van der Waals surface area contributed by atoms with Crippen LogP contribution >= 0.6 is 0 Å². The van der Waals surface area contributed by atoms with Crippen molar-refractivity contribution in [1.29, 1.82) is 0 Å². The molecule has 0 aliphatic rings. The third-order valence-corrected chi connectivity index (χ3v) is 2.49. The fourth-order valence-corrected chi connectivity index (χ4v) is 1.45. The van der Waals surface area contributed by atoms with Crippen LogP contribution in [0.3, 0.4) is 0 Å². The van der Waals surface area contributed by atoms with E-state index in [1.165, 1.54) is 12.8 Å². The van der Waals surface area contributed by atoms with Gasteiger partial charge in [0.1, 0.15) is 0 Å². The number of esters is 2. The highest BCUT2D eigenvalue weighted by Gasteiger charge is 2.06. The number of unbranched alkanes of at least 4 members (excludes halogenated alkanes) is 3. The van der Waals surface area contributed by atoms with E-state index < -0.39 is 0 Å². The molecule has 0 aliphatic heterocycles. The van der Waals surface area contributed by atoms with Gasteiger partial charge in [-0.3, -0.25) is 9.59 Å². The zero-order chi connectivity index (χ0) is 13.6. The van der Waals surface area contributed by atoms with Crippen molar-refractivity contribution in [3.8, 4) is 0 Å². The minimum atomic E-state index is -0.229. The maximum Gasteiger partial charge on any atom is 0.305 e. The van der Waals surface area contributed by atoms with Crippen LogP contribution in [0.5, 0.6) is 0 Å². The molecular weight excluding hydrogens is 232 g/mol. The van der Waals surface area contributed by atoms with Crippen molar-refractivity contribution < 1.29 is 19.1 Å². The first kappa shape index (κ1) is 16.9. The molecule has 0 rings (SSSR count). The minimum absolute atomic E-state index is 0.213. The molecule has 0 aromatic carbocycles. The highest BCUT2D eigenvalue weighted by Crippen LogP contribution is 2.03. The van der Waals surface area contributed by atoms with Gasteiger partial charge in [0.25, 0.3) is 0 Å². The molecule has 0 atom stereocenters. The number of rotatable bonds is 11. The Bertz CT molecular complexity index is 226. The lowest BCUT2D eigenvalue weighted by molar-refractivity contribution is -0.145. The average molecular weight is 258 g/mol. The highest BCUT2D eigenvalue weighted by atomic mass is 16.5. The number of hydrogen-bond acceptors (Lipinski definition) is 4. The normalized spacial score (nSPS) is 10.1. The van der Waals surface area contributed by atoms with Crippen molar-refractivity contribution in [3.63, 3.8) is 0 Å². The minimum Gasteiger partial charge on any atom is -0.466 e. The largest absolute Gasteiger partial charge is 0.466 e. The second-order valence-electron chi connectivity index (χ2n) is 4.36. The second-order valence-corrected chi connectivity index (χ2v) is 4.36. The van der Waals surface area contributed by atoms with Crippen LogP contribution in [0.2, 0.25) is 0 Å². The van der Waals surface area contributed by atoms with E-state index in [4.69, 9.17) is 9.47 Å². The monoisotopic (exact) mass is 258 g/mol. The van der Waals surface area contributed by atoms with Crippen LogP contribution in [-0.2, 0) is 19.1 Å². The molecule has 0 spiro atoms. The summed E-state index contributed by atoms with van der Waals surface area (Å²) in [5.74, 6) is -0.442. The van der Waals surface area contributed by atoms with E-state index in [9.17, 15) is 9.59 Å². The van der Waals surface area contributed by atoms with Crippen LogP contribution in [0.1, 0.15) is 65.2 Å². The molecule has 18 heavy (non-hydrogen) atoms. The molecule has 0 amide bonds. The first-order valence-electron chi connectivity index (χ1n) is 7.02. The van der Waals surface area contributed by atoms with E-state index in [2.05, 4.69) is 6.92 Å². The molecule has 0 fully saturated rings. The summed E-state index contributed by atoms with van der Waals surface area (Å²) >= 11 is 0. The third-order valence-electron chi connectivity index (χ3n) is 2.49. The lowest BCUT2D eigenvalue weighted by Crippen LogP contribution is -2.09. The third kappa shape index (κ3) is 11.4. The fourth-order valence-electron chi connectivity index (χ4n) is 1.45. The molecule has 0 bridgehead atoms. The van der Waals surface area contributed by atoms with Crippen molar-refractivity contribution in [2.75, 3.05) is 13.2 Å². The molecule has 4 heteroatoms. The van der Waals surface area contributed by atoms with Crippen LogP contribution in [0.25, 0.3) is 0 Å². The lowest BCUT2D eigenvalue weighted by atomic mass is 10.2. The number of carbonyl (C=O) groups excluding carboxylic acids is 2. The number of hydrogen-bond donors (Lipinski definition) is 0. The van der Waals surface area contributed by atoms with Gasteiger partial charge in [-0.1, -0.05) is 33.1 Å². The molecule has 0 aliphatic carbocycles. The predicted octanol–water partition coefficient (Wildman–Crippen LogP) is 3.23. The van der Waals surface area contributed by atoms with Gasteiger partial charge in [-0.05, 0) is 19.3 Å². The predicted molar refractivity (Wildman–Crippen MR) is 70.2 cm³/mol. The molecule has 0 saturated carbocycles. The Balaban J connectivity index is 3.33. The van der Waals surface area contributed by atoms with Gasteiger partial charge in [0.2, 0.25) is 0 Å². The molecule has 0 heterocycles. The summed E-state index contributed by atoms with van der Waals surface area (Å²) in [5, 5.41) is 0. The first-order chi connectivity index (χ1) is 8.70. The summed E-state index contributed by atoms with van der Waals surface area (Å²) in [6.45, 7) is 5.05. The maximum atomic E-state index is 11.3. The van der Waals surface area contributed by atoms with Gasteiger partial charge in [-0.15, -0.1) is 0 Å². The molecule has 0 N–H and O–H groups in total. The van der Waals surface area contributed by atoms with Crippen LogP contribution in [0.4, 0.5) is 0 Å². The number of carbonyl (C=O) groups is 2. The summed E-state index contributed by atoms with van der Waals surface area (Å²) < 4.78 is 9.97. The topological polar surface area (TPSA) is 52.6 Å².